The van der Waals surface area contributed by atoms with Crippen LogP contribution in [-0.4, -0.2) is 56.7 Å². The summed E-state index contributed by atoms with van der Waals surface area (Å²) in [7, 11) is 0. The molecule has 0 unspecified atom stereocenters. The molecule has 1 aliphatic heterocycles. The number of hydrogen-bond acceptors (Lipinski definition) is 5. The van der Waals surface area contributed by atoms with Crippen molar-refractivity contribution in [3.05, 3.63) is 78.0 Å². The third kappa shape index (κ3) is 4.32. The maximum absolute atomic E-state index is 13.6. The van der Waals surface area contributed by atoms with Gasteiger partial charge < -0.3 is 9.80 Å². The Hall–Kier alpha value is -3.81. The van der Waals surface area contributed by atoms with Crippen molar-refractivity contribution in [1.82, 2.24) is 24.6 Å². The second-order valence-electron chi connectivity index (χ2n) is 9.66. The Balaban J connectivity index is 1.32. The molecule has 2 aromatic carbocycles. The van der Waals surface area contributed by atoms with E-state index in [1.165, 1.54) is 31.4 Å². The summed E-state index contributed by atoms with van der Waals surface area (Å²) in [5.74, 6) is 1.61. The SMILES string of the molecule is O=C(c1cccc(F)c1)N1CCN(c2nc(C3CCCCC3)nc3c2cnn3-c2ccccc2)CC1. The van der Waals surface area contributed by atoms with Crippen LogP contribution in [0.5, 0.6) is 0 Å². The van der Waals surface area contributed by atoms with Gasteiger partial charge in [0.1, 0.15) is 17.5 Å². The second-order valence-corrected chi connectivity index (χ2v) is 9.66. The first-order chi connectivity index (χ1) is 17.7. The van der Waals surface area contributed by atoms with Crippen LogP contribution in [0.15, 0.2) is 60.8 Å². The van der Waals surface area contributed by atoms with Gasteiger partial charge in [-0.1, -0.05) is 43.5 Å². The third-order valence-electron chi connectivity index (χ3n) is 7.33. The molecular weight excluding hydrogens is 455 g/mol. The van der Waals surface area contributed by atoms with Gasteiger partial charge in [-0.25, -0.2) is 19.0 Å². The first-order valence-corrected chi connectivity index (χ1v) is 12.8. The lowest BCUT2D eigenvalue weighted by atomic mass is 9.88. The zero-order valence-electron chi connectivity index (χ0n) is 20.2. The van der Waals surface area contributed by atoms with Crippen LogP contribution in [0.1, 0.15) is 54.2 Å². The van der Waals surface area contributed by atoms with Gasteiger partial charge in [-0.3, -0.25) is 4.79 Å². The van der Waals surface area contributed by atoms with Crippen LogP contribution < -0.4 is 4.90 Å². The van der Waals surface area contributed by atoms with Crippen molar-refractivity contribution in [3.8, 4) is 5.69 Å². The van der Waals surface area contributed by atoms with Crippen LogP contribution in [0.2, 0.25) is 0 Å². The molecule has 3 heterocycles. The van der Waals surface area contributed by atoms with Crippen molar-refractivity contribution in [3.63, 3.8) is 0 Å². The zero-order chi connectivity index (χ0) is 24.5. The third-order valence-corrected chi connectivity index (χ3v) is 7.33. The van der Waals surface area contributed by atoms with Crippen LogP contribution in [0, 0.1) is 5.82 Å². The molecule has 0 radical (unpaired) electrons. The van der Waals surface area contributed by atoms with E-state index < -0.39 is 5.82 Å². The highest BCUT2D eigenvalue weighted by atomic mass is 19.1. The molecule has 0 spiro atoms. The topological polar surface area (TPSA) is 67.2 Å². The molecule has 2 fully saturated rings. The summed E-state index contributed by atoms with van der Waals surface area (Å²) in [5, 5.41) is 5.61. The van der Waals surface area contributed by atoms with Gasteiger partial charge in [0.25, 0.3) is 5.91 Å². The van der Waals surface area contributed by atoms with Crippen LogP contribution in [0.3, 0.4) is 0 Å². The highest BCUT2D eigenvalue weighted by Crippen LogP contribution is 2.34. The average molecular weight is 485 g/mol. The van der Waals surface area contributed by atoms with Gasteiger partial charge >= 0.3 is 0 Å². The number of nitrogens with zero attached hydrogens (tertiary/aromatic N) is 6. The normalized spacial score (nSPS) is 17.0. The van der Waals surface area contributed by atoms with E-state index >= 15 is 0 Å². The summed E-state index contributed by atoms with van der Waals surface area (Å²) in [6, 6.07) is 16.0. The number of piperazine rings is 1. The molecule has 184 valence electrons. The number of rotatable bonds is 4. The molecule has 1 amide bonds. The van der Waals surface area contributed by atoms with E-state index in [4.69, 9.17) is 9.97 Å². The molecule has 0 atom stereocenters. The van der Waals surface area contributed by atoms with Crippen LogP contribution >= 0.6 is 0 Å². The smallest absolute Gasteiger partial charge is 0.254 e. The van der Waals surface area contributed by atoms with E-state index in [9.17, 15) is 9.18 Å². The number of anilines is 1. The maximum atomic E-state index is 13.6. The fourth-order valence-corrected chi connectivity index (χ4v) is 5.38. The Morgan fingerprint density at radius 3 is 2.42 bits per heavy atom. The number of benzene rings is 2. The van der Waals surface area contributed by atoms with Gasteiger partial charge in [0.05, 0.1) is 17.3 Å². The Morgan fingerprint density at radius 1 is 0.889 bits per heavy atom. The molecule has 8 heteroatoms. The molecule has 7 nitrogen and oxygen atoms in total. The highest BCUT2D eigenvalue weighted by molar-refractivity contribution is 5.94. The molecule has 36 heavy (non-hydrogen) atoms. The Bertz CT molecular complexity index is 1370. The summed E-state index contributed by atoms with van der Waals surface area (Å²) >= 11 is 0. The van der Waals surface area contributed by atoms with Crippen molar-refractivity contribution in [1.29, 1.82) is 0 Å². The minimum atomic E-state index is -0.395. The van der Waals surface area contributed by atoms with Gasteiger partial charge in [0.2, 0.25) is 0 Å². The molecule has 1 saturated carbocycles. The number of amides is 1. The lowest BCUT2D eigenvalue weighted by Gasteiger charge is -2.36. The number of halogens is 1. The predicted molar refractivity (Wildman–Crippen MR) is 137 cm³/mol. The van der Waals surface area contributed by atoms with Crippen molar-refractivity contribution in [2.45, 2.75) is 38.0 Å². The van der Waals surface area contributed by atoms with E-state index in [2.05, 4.69) is 10.00 Å². The van der Waals surface area contributed by atoms with Crippen molar-refractivity contribution in [2.24, 2.45) is 0 Å². The lowest BCUT2D eigenvalue weighted by molar-refractivity contribution is 0.0746. The summed E-state index contributed by atoms with van der Waals surface area (Å²) < 4.78 is 15.5. The lowest BCUT2D eigenvalue weighted by Crippen LogP contribution is -2.49. The molecule has 1 aliphatic carbocycles. The van der Waals surface area contributed by atoms with Crippen LogP contribution in [-0.2, 0) is 0 Å². The molecule has 2 aliphatic rings. The van der Waals surface area contributed by atoms with E-state index in [1.807, 2.05) is 41.2 Å². The summed E-state index contributed by atoms with van der Waals surface area (Å²) in [6.07, 6.45) is 7.77. The minimum absolute atomic E-state index is 0.137. The Labute approximate surface area is 209 Å². The fraction of sp³-hybridized carbons (Fsp3) is 0.357. The average Bonchev–Trinajstić information content (AvgIpc) is 3.37. The number of carbonyl (C=O) groups excluding carboxylic acids is 1. The fourth-order valence-electron chi connectivity index (χ4n) is 5.38. The zero-order valence-corrected chi connectivity index (χ0v) is 20.2. The maximum Gasteiger partial charge on any atom is 0.254 e. The van der Waals surface area contributed by atoms with Crippen molar-refractivity contribution < 1.29 is 9.18 Å². The molecule has 1 saturated heterocycles. The Morgan fingerprint density at radius 2 is 1.67 bits per heavy atom. The number of fused-ring (bicyclic) bond motifs is 1. The minimum Gasteiger partial charge on any atom is -0.352 e. The quantitative estimate of drug-likeness (QED) is 0.409. The van der Waals surface area contributed by atoms with Gasteiger partial charge in [0.15, 0.2) is 5.65 Å². The summed E-state index contributed by atoms with van der Waals surface area (Å²) in [5.41, 5.74) is 2.18. The Kier molecular flexibility index (Phi) is 6.09. The predicted octanol–water partition coefficient (Wildman–Crippen LogP) is 4.96. The van der Waals surface area contributed by atoms with Gasteiger partial charge in [-0.05, 0) is 43.2 Å². The molecule has 6 rings (SSSR count). The van der Waals surface area contributed by atoms with E-state index in [0.717, 1.165) is 41.2 Å². The standard InChI is InChI=1S/C28H29FN6O/c29-22-11-7-10-21(18-22)28(36)34-16-14-33(15-17-34)26-24-19-30-35(23-12-5-2-6-13-23)27(24)32-25(31-26)20-8-3-1-4-9-20/h2,5-7,10-13,18-20H,1,3-4,8-9,14-17H2. The number of aromatic nitrogens is 4. The number of para-hydroxylation sites is 1. The number of hydrogen-bond donors (Lipinski definition) is 0. The van der Waals surface area contributed by atoms with E-state index in [1.54, 1.807) is 17.0 Å². The number of carbonyl (C=O) groups is 1. The summed E-state index contributed by atoms with van der Waals surface area (Å²) in [4.78, 5) is 27.1. The van der Waals surface area contributed by atoms with Crippen molar-refractivity contribution >= 4 is 22.8 Å². The van der Waals surface area contributed by atoms with Crippen LogP contribution in [0.4, 0.5) is 10.2 Å². The molecule has 0 N–H and O–H groups in total. The summed E-state index contributed by atoms with van der Waals surface area (Å²) in [6.45, 7) is 2.39. The molecule has 0 bridgehead atoms. The highest BCUT2D eigenvalue weighted by Gasteiger charge is 2.28. The van der Waals surface area contributed by atoms with Crippen molar-refractivity contribution in [2.75, 3.05) is 31.1 Å². The first-order valence-electron chi connectivity index (χ1n) is 12.8. The van der Waals surface area contributed by atoms with Gasteiger partial charge in [0, 0.05) is 37.7 Å². The molecule has 4 aromatic rings. The second kappa shape index (κ2) is 9.68. The largest absolute Gasteiger partial charge is 0.352 e. The van der Waals surface area contributed by atoms with E-state index in [0.29, 0.717) is 37.7 Å². The first kappa shape index (κ1) is 22.6. The van der Waals surface area contributed by atoms with Gasteiger partial charge in [-0.2, -0.15) is 5.10 Å². The van der Waals surface area contributed by atoms with Crippen LogP contribution in [0.25, 0.3) is 16.7 Å². The molecule has 2 aromatic heterocycles. The van der Waals surface area contributed by atoms with Gasteiger partial charge in [-0.15, -0.1) is 0 Å². The van der Waals surface area contributed by atoms with E-state index in [-0.39, 0.29) is 5.91 Å². The molecular formula is C28H29FN6O. The monoisotopic (exact) mass is 484 g/mol.